The highest BCUT2D eigenvalue weighted by Crippen LogP contribution is 2.48. The molecule has 194 valence electrons. The number of Topliss-reactive ketones (excluding diaryl/α,β-unsaturated/α-hetero) is 1. The first-order valence-corrected chi connectivity index (χ1v) is 14.2. The van der Waals surface area contributed by atoms with Crippen LogP contribution < -0.4 is 14.8 Å². The molecule has 1 aromatic heterocycles. The number of nitrogens with zero attached hydrogens (tertiary/aromatic N) is 3. The summed E-state index contributed by atoms with van der Waals surface area (Å²) in [6.07, 6.45) is 1.21. The van der Waals surface area contributed by atoms with Gasteiger partial charge in [-0.1, -0.05) is 55.4 Å². The molecule has 1 atom stereocenters. The molecule has 2 aliphatic rings. The third-order valence-electron chi connectivity index (χ3n) is 6.48. The SMILES string of the molecule is CCOc1c(Br)cc(C2C3=C(CC(C)(C)CC3=O)Nc3nc(SCc4ccccc4Cl)nn32)cc1OC. The molecule has 1 unspecified atom stereocenters. The Bertz CT molecular complexity index is 1400. The fraction of sp³-hybridized carbons (Fsp3) is 0.370. The minimum atomic E-state index is -0.446. The first-order valence-electron chi connectivity index (χ1n) is 12.1. The largest absolute Gasteiger partial charge is 0.493 e. The lowest BCUT2D eigenvalue weighted by molar-refractivity contribution is -0.118. The molecule has 37 heavy (non-hydrogen) atoms. The highest BCUT2D eigenvalue weighted by molar-refractivity contribution is 9.10. The normalized spacial score (nSPS) is 18.2. The number of benzene rings is 2. The van der Waals surface area contributed by atoms with Crippen LogP contribution in [-0.4, -0.2) is 34.3 Å². The number of carbonyl (C=O) groups excluding carboxylic acids is 1. The van der Waals surface area contributed by atoms with Crippen molar-refractivity contribution >= 4 is 51.0 Å². The maximum Gasteiger partial charge on any atom is 0.227 e. The summed E-state index contributed by atoms with van der Waals surface area (Å²) in [5, 5.41) is 9.60. The molecule has 0 amide bonds. The molecular weight excluding hydrogens is 576 g/mol. The minimum Gasteiger partial charge on any atom is -0.493 e. The summed E-state index contributed by atoms with van der Waals surface area (Å²) in [6.45, 7) is 6.66. The van der Waals surface area contributed by atoms with Gasteiger partial charge < -0.3 is 14.8 Å². The van der Waals surface area contributed by atoms with Crippen LogP contribution in [0.15, 0.2) is 57.3 Å². The van der Waals surface area contributed by atoms with Crippen molar-refractivity contribution in [1.29, 1.82) is 0 Å². The summed E-state index contributed by atoms with van der Waals surface area (Å²) in [5.74, 6) is 2.57. The van der Waals surface area contributed by atoms with E-state index in [0.29, 0.717) is 46.4 Å². The Kier molecular flexibility index (Phi) is 7.31. The minimum absolute atomic E-state index is 0.110. The number of ketones is 1. The van der Waals surface area contributed by atoms with E-state index in [9.17, 15) is 4.79 Å². The van der Waals surface area contributed by atoms with Gasteiger partial charge in [0.1, 0.15) is 6.04 Å². The zero-order valence-electron chi connectivity index (χ0n) is 21.1. The van der Waals surface area contributed by atoms with E-state index in [1.165, 1.54) is 11.8 Å². The molecule has 5 rings (SSSR count). The predicted octanol–water partition coefficient (Wildman–Crippen LogP) is 7.05. The molecule has 1 N–H and O–H groups in total. The van der Waals surface area contributed by atoms with Crippen molar-refractivity contribution in [3.63, 3.8) is 0 Å². The van der Waals surface area contributed by atoms with Crippen molar-refractivity contribution < 1.29 is 14.3 Å². The second-order valence-electron chi connectivity index (χ2n) is 9.87. The van der Waals surface area contributed by atoms with Gasteiger partial charge in [0.25, 0.3) is 0 Å². The molecule has 3 aromatic rings. The van der Waals surface area contributed by atoms with Gasteiger partial charge in [-0.25, -0.2) is 4.68 Å². The van der Waals surface area contributed by atoms with Crippen LogP contribution >= 0.6 is 39.3 Å². The van der Waals surface area contributed by atoms with Crippen LogP contribution in [0, 0.1) is 5.41 Å². The van der Waals surface area contributed by atoms with E-state index in [-0.39, 0.29) is 11.2 Å². The molecule has 2 heterocycles. The molecule has 0 fully saturated rings. The molecule has 1 aliphatic heterocycles. The number of carbonyl (C=O) groups is 1. The lowest BCUT2D eigenvalue weighted by atomic mass is 9.73. The number of fused-ring (bicyclic) bond motifs is 1. The quantitative estimate of drug-likeness (QED) is 0.290. The van der Waals surface area contributed by atoms with E-state index in [2.05, 4.69) is 35.1 Å². The Balaban J connectivity index is 1.59. The van der Waals surface area contributed by atoms with Gasteiger partial charge in [0.15, 0.2) is 17.3 Å². The second kappa shape index (κ2) is 10.3. The number of rotatable bonds is 7. The Morgan fingerprint density at radius 1 is 1.27 bits per heavy atom. The summed E-state index contributed by atoms with van der Waals surface area (Å²) in [4.78, 5) is 18.3. The van der Waals surface area contributed by atoms with Gasteiger partial charge in [-0.3, -0.25) is 4.79 Å². The molecule has 0 saturated heterocycles. The maximum atomic E-state index is 13.6. The maximum absolute atomic E-state index is 13.6. The molecule has 0 radical (unpaired) electrons. The number of hydrogen-bond donors (Lipinski definition) is 1. The Labute approximate surface area is 234 Å². The van der Waals surface area contributed by atoms with E-state index < -0.39 is 6.04 Å². The first-order chi connectivity index (χ1) is 17.7. The molecule has 0 bridgehead atoms. The third kappa shape index (κ3) is 5.13. The summed E-state index contributed by atoms with van der Waals surface area (Å²) in [5.41, 5.74) is 3.35. The molecule has 7 nitrogen and oxygen atoms in total. The third-order valence-corrected chi connectivity index (χ3v) is 8.33. The van der Waals surface area contributed by atoms with Gasteiger partial charge in [-0.15, -0.1) is 5.10 Å². The average molecular weight is 604 g/mol. The number of hydrogen-bond acceptors (Lipinski definition) is 7. The van der Waals surface area contributed by atoms with Gasteiger partial charge in [0.05, 0.1) is 18.2 Å². The van der Waals surface area contributed by atoms with Gasteiger partial charge in [-0.05, 0) is 64.0 Å². The van der Waals surface area contributed by atoms with Crippen LogP contribution in [0.25, 0.3) is 0 Å². The molecule has 0 saturated carbocycles. The number of aromatic nitrogens is 3. The fourth-order valence-electron chi connectivity index (χ4n) is 4.90. The van der Waals surface area contributed by atoms with Crippen LogP contribution in [-0.2, 0) is 10.5 Å². The smallest absolute Gasteiger partial charge is 0.227 e. The lowest BCUT2D eigenvalue weighted by Gasteiger charge is -2.38. The van der Waals surface area contributed by atoms with Crippen molar-refractivity contribution in [2.75, 3.05) is 19.0 Å². The first kappa shape index (κ1) is 26.1. The highest BCUT2D eigenvalue weighted by Gasteiger charge is 2.42. The molecule has 1 aliphatic carbocycles. The van der Waals surface area contributed by atoms with Gasteiger partial charge in [0, 0.05) is 28.5 Å². The molecule has 10 heteroatoms. The predicted molar refractivity (Wildman–Crippen MR) is 150 cm³/mol. The number of anilines is 1. The van der Waals surface area contributed by atoms with E-state index >= 15 is 0 Å². The second-order valence-corrected chi connectivity index (χ2v) is 12.1. The van der Waals surface area contributed by atoms with Crippen LogP contribution in [0.1, 0.15) is 50.8 Å². The molecular formula is C27H28BrClN4O3S. The van der Waals surface area contributed by atoms with Gasteiger partial charge >= 0.3 is 0 Å². The van der Waals surface area contributed by atoms with Crippen LogP contribution in [0.4, 0.5) is 5.95 Å². The van der Waals surface area contributed by atoms with Crippen molar-refractivity contribution in [1.82, 2.24) is 14.8 Å². The topological polar surface area (TPSA) is 78.3 Å². The van der Waals surface area contributed by atoms with Crippen LogP contribution in [0.2, 0.25) is 5.02 Å². The fourth-order valence-corrected chi connectivity index (χ4v) is 6.59. The van der Waals surface area contributed by atoms with E-state index in [1.54, 1.807) is 7.11 Å². The summed E-state index contributed by atoms with van der Waals surface area (Å²) >= 11 is 11.5. The zero-order chi connectivity index (χ0) is 26.3. The van der Waals surface area contributed by atoms with Crippen LogP contribution in [0.3, 0.4) is 0 Å². The van der Waals surface area contributed by atoms with Crippen LogP contribution in [0.5, 0.6) is 11.5 Å². The van der Waals surface area contributed by atoms with Crippen molar-refractivity contribution in [2.24, 2.45) is 5.41 Å². The number of nitrogens with one attached hydrogen (secondary N) is 1. The number of ether oxygens (including phenoxy) is 2. The lowest BCUT2D eigenvalue weighted by Crippen LogP contribution is -2.36. The van der Waals surface area contributed by atoms with Crippen molar-refractivity contribution in [2.45, 2.75) is 50.6 Å². The molecule has 0 spiro atoms. The number of allylic oxidation sites excluding steroid dienone is 2. The number of halogens is 2. The summed E-state index contributed by atoms with van der Waals surface area (Å²) in [7, 11) is 1.61. The van der Waals surface area contributed by atoms with Crippen molar-refractivity contribution in [3.8, 4) is 11.5 Å². The summed E-state index contributed by atoms with van der Waals surface area (Å²) in [6, 6.07) is 11.2. The van der Waals surface area contributed by atoms with Crippen molar-refractivity contribution in [3.05, 3.63) is 68.3 Å². The standard InChI is InChI=1S/C27H28BrClN4O3S/c1-5-36-24-17(28)10-16(11-21(24)35-4)23-22-19(12-27(2,3)13-20(22)34)30-25-31-26(32-33(23)25)37-14-15-8-6-7-9-18(15)29/h6-11,23H,5,12-14H2,1-4H3,(H,30,31,32). The number of methoxy groups -OCH3 is 1. The Morgan fingerprint density at radius 3 is 2.78 bits per heavy atom. The highest BCUT2D eigenvalue weighted by atomic mass is 79.9. The Hall–Kier alpha value is -2.49. The van der Waals surface area contributed by atoms with E-state index in [1.807, 2.05) is 48.0 Å². The van der Waals surface area contributed by atoms with E-state index in [4.69, 9.17) is 31.2 Å². The monoisotopic (exact) mass is 602 g/mol. The summed E-state index contributed by atoms with van der Waals surface area (Å²) < 4.78 is 14.0. The van der Waals surface area contributed by atoms with E-state index in [0.717, 1.165) is 33.3 Å². The van der Waals surface area contributed by atoms with Gasteiger partial charge in [-0.2, -0.15) is 4.98 Å². The van der Waals surface area contributed by atoms with Gasteiger partial charge in [0.2, 0.25) is 11.1 Å². The average Bonchev–Trinajstić information content (AvgIpc) is 3.25. The Morgan fingerprint density at radius 2 is 2.05 bits per heavy atom. The number of thioether (sulfide) groups is 1. The molecule has 2 aromatic carbocycles. The zero-order valence-corrected chi connectivity index (χ0v) is 24.3.